The minimum absolute atomic E-state index is 0.0234. The lowest BCUT2D eigenvalue weighted by Crippen LogP contribution is -1.98. The van der Waals surface area contributed by atoms with Crippen LogP contribution in [-0.4, -0.2) is 28.5 Å². The zero-order valence-corrected chi connectivity index (χ0v) is 8.32. The smallest absolute Gasteiger partial charge is 0.122 e. The van der Waals surface area contributed by atoms with Crippen LogP contribution in [0.3, 0.4) is 0 Å². The van der Waals surface area contributed by atoms with Gasteiger partial charge in [-0.2, -0.15) is 0 Å². The van der Waals surface area contributed by atoms with E-state index in [0.29, 0.717) is 12.8 Å². The summed E-state index contributed by atoms with van der Waals surface area (Å²) in [5, 5.41) is 27.3. The summed E-state index contributed by atoms with van der Waals surface area (Å²) in [5.41, 5.74) is 2.53. The van der Waals surface area contributed by atoms with Crippen LogP contribution in [0.15, 0.2) is 12.1 Å². The largest absolute Gasteiger partial charge is 0.507 e. The SMILES string of the molecule is Cc1cc(CCO)c(O)c(CCO)c1. The van der Waals surface area contributed by atoms with E-state index >= 15 is 0 Å². The van der Waals surface area contributed by atoms with Crippen molar-refractivity contribution in [2.75, 3.05) is 13.2 Å². The van der Waals surface area contributed by atoms with Crippen molar-refractivity contribution in [1.29, 1.82) is 0 Å². The monoisotopic (exact) mass is 196 g/mol. The summed E-state index contributed by atoms with van der Waals surface area (Å²) in [6.45, 7) is 1.98. The van der Waals surface area contributed by atoms with Crippen LogP contribution in [0.4, 0.5) is 0 Å². The van der Waals surface area contributed by atoms with Gasteiger partial charge >= 0.3 is 0 Å². The normalized spacial score (nSPS) is 10.5. The number of aromatic hydroxyl groups is 1. The second kappa shape index (κ2) is 4.98. The molecular formula is C11H16O3. The molecular weight excluding hydrogens is 180 g/mol. The van der Waals surface area contributed by atoms with Crippen molar-refractivity contribution in [2.45, 2.75) is 19.8 Å². The van der Waals surface area contributed by atoms with E-state index in [4.69, 9.17) is 10.2 Å². The molecule has 3 heteroatoms. The molecule has 0 heterocycles. The van der Waals surface area contributed by atoms with E-state index in [1.165, 1.54) is 0 Å². The van der Waals surface area contributed by atoms with E-state index in [9.17, 15) is 5.11 Å². The summed E-state index contributed by atoms with van der Waals surface area (Å²) in [6, 6.07) is 3.71. The van der Waals surface area contributed by atoms with Gasteiger partial charge in [-0.15, -0.1) is 0 Å². The number of aryl methyl sites for hydroxylation is 1. The van der Waals surface area contributed by atoms with Crippen molar-refractivity contribution < 1.29 is 15.3 Å². The third-order valence-corrected chi connectivity index (χ3v) is 2.17. The molecule has 0 fully saturated rings. The highest BCUT2D eigenvalue weighted by Crippen LogP contribution is 2.25. The minimum Gasteiger partial charge on any atom is -0.507 e. The van der Waals surface area contributed by atoms with Gasteiger partial charge in [0.1, 0.15) is 5.75 Å². The Bertz CT molecular complexity index is 280. The highest BCUT2D eigenvalue weighted by Gasteiger charge is 2.07. The third-order valence-electron chi connectivity index (χ3n) is 2.17. The zero-order chi connectivity index (χ0) is 10.6. The first-order valence-corrected chi connectivity index (χ1v) is 4.72. The number of hydrogen-bond acceptors (Lipinski definition) is 3. The average Bonchev–Trinajstić information content (AvgIpc) is 2.14. The molecule has 0 saturated heterocycles. The van der Waals surface area contributed by atoms with Crippen LogP contribution >= 0.6 is 0 Å². The number of benzene rings is 1. The van der Waals surface area contributed by atoms with Gasteiger partial charge in [0.15, 0.2) is 0 Å². The summed E-state index contributed by atoms with van der Waals surface area (Å²) in [7, 11) is 0. The Balaban J connectivity index is 3.04. The van der Waals surface area contributed by atoms with Gasteiger partial charge in [0.05, 0.1) is 0 Å². The van der Waals surface area contributed by atoms with Crippen molar-refractivity contribution in [3.63, 3.8) is 0 Å². The lowest BCUT2D eigenvalue weighted by Gasteiger charge is -2.09. The van der Waals surface area contributed by atoms with Crippen LogP contribution in [0.25, 0.3) is 0 Å². The fraction of sp³-hybridized carbons (Fsp3) is 0.455. The summed E-state index contributed by atoms with van der Waals surface area (Å²) < 4.78 is 0. The van der Waals surface area contributed by atoms with Gasteiger partial charge in [-0.25, -0.2) is 0 Å². The molecule has 0 aliphatic heterocycles. The molecule has 0 aromatic heterocycles. The van der Waals surface area contributed by atoms with Crippen LogP contribution in [0.1, 0.15) is 16.7 Å². The van der Waals surface area contributed by atoms with Crippen molar-refractivity contribution >= 4 is 0 Å². The maximum Gasteiger partial charge on any atom is 0.122 e. The Morgan fingerprint density at radius 2 is 1.43 bits per heavy atom. The summed E-state index contributed by atoms with van der Waals surface area (Å²) in [5.74, 6) is 0.207. The van der Waals surface area contributed by atoms with Gasteiger partial charge < -0.3 is 15.3 Å². The first-order valence-electron chi connectivity index (χ1n) is 4.72. The molecule has 0 amide bonds. The lowest BCUT2D eigenvalue weighted by atomic mass is 10.0. The highest BCUT2D eigenvalue weighted by molar-refractivity contribution is 5.43. The van der Waals surface area contributed by atoms with Crippen LogP contribution in [-0.2, 0) is 12.8 Å². The predicted molar refractivity (Wildman–Crippen MR) is 54.4 cm³/mol. The molecule has 0 unspecified atom stereocenters. The first kappa shape index (κ1) is 11.0. The van der Waals surface area contributed by atoms with E-state index < -0.39 is 0 Å². The molecule has 0 aliphatic carbocycles. The second-order valence-electron chi connectivity index (χ2n) is 3.38. The molecule has 3 N–H and O–H groups in total. The maximum atomic E-state index is 9.75. The van der Waals surface area contributed by atoms with E-state index in [0.717, 1.165) is 16.7 Å². The van der Waals surface area contributed by atoms with Crippen molar-refractivity contribution in [1.82, 2.24) is 0 Å². The summed E-state index contributed by atoms with van der Waals surface area (Å²) >= 11 is 0. The Morgan fingerprint density at radius 1 is 1.00 bits per heavy atom. The predicted octanol–water partition coefficient (Wildman–Crippen LogP) is 0.770. The molecule has 1 aromatic carbocycles. The highest BCUT2D eigenvalue weighted by atomic mass is 16.3. The van der Waals surface area contributed by atoms with Gasteiger partial charge in [-0.1, -0.05) is 17.7 Å². The molecule has 14 heavy (non-hydrogen) atoms. The maximum absolute atomic E-state index is 9.75. The first-order chi connectivity index (χ1) is 6.69. The number of aliphatic hydroxyl groups is 2. The molecule has 0 spiro atoms. The Hall–Kier alpha value is -1.06. The van der Waals surface area contributed by atoms with Crippen LogP contribution < -0.4 is 0 Å². The number of rotatable bonds is 4. The van der Waals surface area contributed by atoms with E-state index in [-0.39, 0.29) is 19.0 Å². The van der Waals surface area contributed by atoms with E-state index in [2.05, 4.69) is 0 Å². The van der Waals surface area contributed by atoms with Gasteiger partial charge in [0.2, 0.25) is 0 Å². The Labute approximate surface area is 83.6 Å². The molecule has 0 saturated carbocycles. The second-order valence-corrected chi connectivity index (χ2v) is 3.38. The van der Waals surface area contributed by atoms with Crippen molar-refractivity contribution in [2.24, 2.45) is 0 Å². The van der Waals surface area contributed by atoms with Gasteiger partial charge in [-0.3, -0.25) is 0 Å². The quantitative estimate of drug-likeness (QED) is 0.666. The van der Waals surface area contributed by atoms with Crippen molar-refractivity contribution in [3.05, 3.63) is 28.8 Å². The van der Waals surface area contributed by atoms with Crippen LogP contribution in [0.2, 0.25) is 0 Å². The minimum atomic E-state index is 0.0234. The van der Waals surface area contributed by atoms with Crippen LogP contribution in [0.5, 0.6) is 5.75 Å². The summed E-state index contributed by atoms with van der Waals surface area (Å²) in [6.07, 6.45) is 0.901. The molecule has 0 radical (unpaired) electrons. The molecule has 78 valence electrons. The molecule has 1 aromatic rings. The van der Waals surface area contributed by atoms with E-state index in [1.807, 2.05) is 19.1 Å². The number of hydrogen-bond donors (Lipinski definition) is 3. The fourth-order valence-electron chi connectivity index (χ4n) is 1.56. The molecule has 1 rings (SSSR count). The lowest BCUT2D eigenvalue weighted by molar-refractivity contribution is 0.293. The molecule has 3 nitrogen and oxygen atoms in total. The topological polar surface area (TPSA) is 60.7 Å². The van der Waals surface area contributed by atoms with Gasteiger partial charge in [0.25, 0.3) is 0 Å². The third kappa shape index (κ3) is 2.47. The van der Waals surface area contributed by atoms with E-state index in [1.54, 1.807) is 0 Å². The Morgan fingerprint density at radius 3 is 1.79 bits per heavy atom. The van der Waals surface area contributed by atoms with Crippen LogP contribution in [0, 0.1) is 6.92 Å². The zero-order valence-electron chi connectivity index (χ0n) is 8.32. The standard InChI is InChI=1S/C11H16O3/c1-8-6-9(2-4-12)11(14)10(7-8)3-5-13/h6-7,12-14H,2-5H2,1H3. The molecule has 0 aliphatic rings. The average molecular weight is 196 g/mol. The summed E-state index contributed by atoms with van der Waals surface area (Å²) in [4.78, 5) is 0. The molecule has 0 atom stereocenters. The molecule has 0 bridgehead atoms. The van der Waals surface area contributed by atoms with Crippen molar-refractivity contribution in [3.8, 4) is 5.75 Å². The number of aliphatic hydroxyl groups excluding tert-OH is 2. The fourth-order valence-corrected chi connectivity index (χ4v) is 1.56. The Kier molecular flexibility index (Phi) is 3.92. The number of phenolic OH excluding ortho intramolecular Hbond substituents is 1. The van der Waals surface area contributed by atoms with Gasteiger partial charge in [-0.05, 0) is 30.9 Å². The number of phenols is 1. The van der Waals surface area contributed by atoms with Gasteiger partial charge in [0, 0.05) is 13.2 Å².